The van der Waals surface area contributed by atoms with E-state index in [1.807, 2.05) is 12.1 Å². The first-order valence-corrected chi connectivity index (χ1v) is 7.42. The van der Waals surface area contributed by atoms with Crippen LogP contribution >= 0.6 is 11.6 Å². The SMILES string of the molecule is CC(=O)NC(CC(=O)NCC1CNC1)c1ccc(Cl)cc1. The van der Waals surface area contributed by atoms with Crippen LogP contribution in [0.25, 0.3) is 0 Å². The molecule has 0 aliphatic carbocycles. The van der Waals surface area contributed by atoms with Gasteiger partial charge < -0.3 is 16.0 Å². The number of benzene rings is 1. The quantitative estimate of drug-likeness (QED) is 0.740. The van der Waals surface area contributed by atoms with Crippen LogP contribution in [0.4, 0.5) is 0 Å². The summed E-state index contributed by atoms with van der Waals surface area (Å²) in [6.45, 7) is 4.03. The molecular formula is C15H20ClN3O2. The highest BCUT2D eigenvalue weighted by atomic mass is 35.5. The summed E-state index contributed by atoms with van der Waals surface area (Å²) < 4.78 is 0. The van der Waals surface area contributed by atoms with Gasteiger partial charge in [0.05, 0.1) is 12.5 Å². The molecule has 1 fully saturated rings. The van der Waals surface area contributed by atoms with E-state index in [9.17, 15) is 9.59 Å². The van der Waals surface area contributed by atoms with Gasteiger partial charge in [0.1, 0.15) is 0 Å². The molecule has 0 spiro atoms. The van der Waals surface area contributed by atoms with E-state index in [0.29, 0.717) is 17.5 Å². The Morgan fingerprint density at radius 1 is 1.33 bits per heavy atom. The lowest BCUT2D eigenvalue weighted by atomic mass is 10.0. The van der Waals surface area contributed by atoms with Crippen LogP contribution in [-0.4, -0.2) is 31.4 Å². The Balaban J connectivity index is 1.93. The minimum Gasteiger partial charge on any atom is -0.356 e. The first-order chi connectivity index (χ1) is 10.0. The molecule has 1 aliphatic heterocycles. The van der Waals surface area contributed by atoms with E-state index in [4.69, 9.17) is 11.6 Å². The summed E-state index contributed by atoms with van der Waals surface area (Å²) in [7, 11) is 0. The standard InChI is InChI=1S/C15H20ClN3O2/c1-10(20)19-14(12-2-4-13(16)5-3-12)6-15(21)18-9-11-7-17-8-11/h2-5,11,14,17H,6-9H2,1H3,(H,18,21)(H,19,20). The zero-order chi connectivity index (χ0) is 15.2. The second kappa shape index (κ2) is 7.43. The lowest BCUT2D eigenvalue weighted by Gasteiger charge is -2.27. The molecule has 0 aromatic heterocycles. The summed E-state index contributed by atoms with van der Waals surface area (Å²) in [4.78, 5) is 23.3. The Hall–Kier alpha value is -1.59. The van der Waals surface area contributed by atoms with Crippen LogP contribution in [0, 0.1) is 5.92 Å². The third-order valence-corrected chi connectivity index (χ3v) is 3.75. The van der Waals surface area contributed by atoms with E-state index < -0.39 is 0 Å². The van der Waals surface area contributed by atoms with Crippen molar-refractivity contribution < 1.29 is 9.59 Å². The van der Waals surface area contributed by atoms with Crippen molar-refractivity contribution >= 4 is 23.4 Å². The highest BCUT2D eigenvalue weighted by Crippen LogP contribution is 2.19. The molecule has 114 valence electrons. The zero-order valence-corrected chi connectivity index (χ0v) is 12.7. The maximum Gasteiger partial charge on any atom is 0.222 e. The van der Waals surface area contributed by atoms with Crippen molar-refractivity contribution in [3.8, 4) is 0 Å². The van der Waals surface area contributed by atoms with Gasteiger partial charge in [-0.05, 0) is 17.7 Å². The van der Waals surface area contributed by atoms with E-state index >= 15 is 0 Å². The Labute approximate surface area is 129 Å². The lowest BCUT2D eigenvalue weighted by molar-refractivity contribution is -0.123. The minimum atomic E-state index is -0.334. The molecule has 1 aromatic rings. The predicted octanol–water partition coefficient (Wildman–Crippen LogP) is 1.24. The number of carbonyl (C=O) groups is 2. The average Bonchev–Trinajstić information content (AvgIpc) is 2.36. The maximum atomic E-state index is 12.0. The normalized spacial score (nSPS) is 15.9. The van der Waals surface area contributed by atoms with Crippen molar-refractivity contribution in [2.45, 2.75) is 19.4 Å². The van der Waals surface area contributed by atoms with Gasteiger partial charge in [-0.2, -0.15) is 0 Å². The van der Waals surface area contributed by atoms with E-state index in [1.165, 1.54) is 6.92 Å². The van der Waals surface area contributed by atoms with Crippen molar-refractivity contribution in [1.29, 1.82) is 0 Å². The van der Waals surface area contributed by atoms with Gasteiger partial charge in [0, 0.05) is 37.5 Å². The molecule has 1 saturated heterocycles. The number of rotatable bonds is 6. The topological polar surface area (TPSA) is 70.2 Å². The van der Waals surface area contributed by atoms with Crippen molar-refractivity contribution in [1.82, 2.24) is 16.0 Å². The van der Waals surface area contributed by atoms with Crippen LogP contribution < -0.4 is 16.0 Å². The monoisotopic (exact) mass is 309 g/mol. The molecular weight excluding hydrogens is 290 g/mol. The molecule has 1 aromatic carbocycles. The van der Waals surface area contributed by atoms with Gasteiger partial charge in [-0.15, -0.1) is 0 Å². The fourth-order valence-electron chi connectivity index (χ4n) is 2.20. The van der Waals surface area contributed by atoms with Crippen LogP contribution in [0.15, 0.2) is 24.3 Å². The molecule has 6 heteroatoms. The van der Waals surface area contributed by atoms with Crippen LogP contribution in [0.5, 0.6) is 0 Å². The second-order valence-electron chi connectivity index (χ2n) is 5.34. The van der Waals surface area contributed by atoms with E-state index in [2.05, 4.69) is 16.0 Å². The molecule has 1 heterocycles. The number of hydrogen-bond acceptors (Lipinski definition) is 3. The summed E-state index contributed by atoms with van der Waals surface area (Å²) in [6, 6.07) is 6.82. The predicted molar refractivity (Wildman–Crippen MR) is 82.0 cm³/mol. The largest absolute Gasteiger partial charge is 0.356 e. The molecule has 5 nitrogen and oxygen atoms in total. The summed E-state index contributed by atoms with van der Waals surface area (Å²) in [5.41, 5.74) is 0.870. The molecule has 1 atom stereocenters. The van der Waals surface area contributed by atoms with E-state index in [0.717, 1.165) is 18.7 Å². The Bertz CT molecular complexity index is 500. The average molecular weight is 310 g/mol. The minimum absolute atomic E-state index is 0.0596. The second-order valence-corrected chi connectivity index (χ2v) is 5.77. The molecule has 2 amide bonds. The number of nitrogens with one attached hydrogen (secondary N) is 3. The Morgan fingerprint density at radius 3 is 2.52 bits per heavy atom. The van der Waals surface area contributed by atoms with Crippen molar-refractivity contribution in [2.75, 3.05) is 19.6 Å². The van der Waals surface area contributed by atoms with Gasteiger partial charge in [0.15, 0.2) is 0 Å². The molecule has 1 aliphatic rings. The summed E-state index contributed by atoms with van der Waals surface area (Å²) >= 11 is 5.86. The number of carbonyl (C=O) groups excluding carboxylic acids is 2. The first-order valence-electron chi connectivity index (χ1n) is 7.04. The van der Waals surface area contributed by atoms with Crippen LogP contribution in [0.1, 0.15) is 24.9 Å². The fourth-order valence-corrected chi connectivity index (χ4v) is 2.33. The zero-order valence-electron chi connectivity index (χ0n) is 12.0. The molecule has 2 rings (SSSR count). The molecule has 1 unspecified atom stereocenters. The van der Waals surface area contributed by atoms with Crippen molar-refractivity contribution in [3.05, 3.63) is 34.9 Å². The Morgan fingerprint density at radius 2 is 2.00 bits per heavy atom. The molecule has 21 heavy (non-hydrogen) atoms. The highest BCUT2D eigenvalue weighted by Gasteiger charge is 2.20. The molecule has 0 saturated carbocycles. The summed E-state index contributed by atoms with van der Waals surface area (Å²) in [5, 5.41) is 9.51. The van der Waals surface area contributed by atoms with Gasteiger partial charge in [0.2, 0.25) is 11.8 Å². The van der Waals surface area contributed by atoms with Gasteiger partial charge >= 0.3 is 0 Å². The molecule has 0 radical (unpaired) electrons. The van der Waals surface area contributed by atoms with Gasteiger partial charge in [0.25, 0.3) is 0 Å². The smallest absolute Gasteiger partial charge is 0.222 e. The summed E-state index contributed by atoms with van der Waals surface area (Å²) in [6.07, 6.45) is 0.224. The first kappa shape index (κ1) is 15.8. The van der Waals surface area contributed by atoms with E-state index in [1.54, 1.807) is 12.1 Å². The number of amides is 2. The third-order valence-electron chi connectivity index (χ3n) is 3.49. The fraction of sp³-hybridized carbons (Fsp3) is 0.467. The van der Waals surface area contributed by atoms with Gasteiger partial charge in [-0.25, -0.2) is 0 Å². The molecule has 3 N–H and O–H groups in total. The number of halogens is 1. The molecule has 0 bridgehead atoms. The maximum absolute atomic E-state index is 12.0. The van der Waals surface area contributed by atoms with Crippen LogP contribution in [-0.2, 0) is 9.59 Å². The summed E-state index contributed by atoms with van der Waals surface area (Å²) in [5.74, 6) is 0.297. The highest BCUT2D eigenvalue weighted by molar-refractivity contribution is 6.30. The van der Waals surface area contributed by atoms with Gasteiger partial charge in [-0.3, -0.25) is 9.59 Å². The van der Waals surface area contributed by atoms with E-state index in [-0.39, 0.29) is 24.3 Å². The van der Waals surface area contributed by atoms with Crippen LogP contribution in [0.3, 0.4) is 0 Å². The number of hydrogen-bond donors (Lipinski definition) is 3. The Kier molecular flexibility index (Phi) is 5.59. The third kappa shape index (κ3) is 5.02. The van der Waals surface area contributed by atoms with Crippen LogP contribution in [0.2, 0.25) is 5.02 Å². The lowest BCUT2D eigenvalue weighted by Crippen LogP contribution is -2.48. The van der Waals surface area contributed by atoms with Crippen molar-refractivity contribution in [3.63, 3.8) is 0 Å². The van der Waals surface area contributed by atoms with Crippen molar-refractivity contribution in [2.24, 2.45) is 5.92 Å². The van der Waals surface area contributed by atoms with Gasteiger partial charge in [-0.1, -0.05) is 23.7 Å².